The zero-order valence-electron chi connectivity index (χ0n) is 18.8. The van der Waals surface area contributed by atoms with E-state index in [-0.39, 0.29) is 22.7 Å². The monoisotopic (exact) mass is 476 g/mol. The maximum absolute atomic E-state index is 11.8. The number of hydrogen-bond donors (Lipinski definition) is 2. The fraction of sp³-hybridized carbons (Fsp3) is 0.381. The number of nitrogens with one attached hydrogen (secondary N) is 1. The number of sulfone groups is 1. The molecule has 0 fully saturated rings. The second-order valence-electron chi connectivity index (χ2n) is 8.92. The molecule has 3 aromatic rings. The van der Waals surface area contributed by atoms with Crippen molar-refractivity contribution in [2.24, 2.45) is 0 Å². The van der Waals surface area contributed by atoms with E-state index in [9.17, 15) is 18.3 Å². The van der Waals surface area contributed by atoms with E-state index in [0.29, 0.717) is 29.5 Å². The molecule has 0 unspecified atom stereocenters. The van der Waals surface area contributed by atoms with Gasteiger partial charge in [-0.2, -0.15) is 0 Å². The van der Waals surface area contributed by atoms with E-state index >= 15 is 0 Å². The highest BCUT2D eigenvalue weighted by molar-refractivity contribution is 7.90. The summed E-state index contributed by atoms with van der Waals surface area (Å²) >= 11 is 0. The third-order valence-electron chi connectivity index (χ3n) is 4.85. The number of nitrogens with zero attached hydrogens (tertiary/aromatic N) is 3. The van der Waals surface area contributed by atoms with Gasteiger partial charge in [0.05, 0.1) is 10.6 Å². The molecule has 0 atom stereocenters. The van der Waals surface area contributed by atoms with Crippen LogP contribution in [-0.2, 0) is 21.3 Å². The van der Waals surface area contributed by atoms with E-state index in [1.54, 1.807) is 23.6 Å². The quantitative estimate of drug-likeness (QED) is 0.352. The minimum Gasteiger partial charge on any atom is -0.478 e. The molecule has 0 aliphatic rings. The number of fused-ring (bicyclic) bond motifs is 1. The van der Waals surface area contributed by atoms with Crippen molar-refractivity contribution in [1.82, 2.24) is 14.5 Å². The molecule has 2 aromatic heterocycles. The van der Waals surface area contributed by atoms with Gasteiger partial charge in [-0.25, -0.2) is 23.2 Å². The van der Waals surface area contributed by atoms with Gasteiger partial charge in [-0.3, -0.25) is 0 Å². The maximum atomic E-state index is 11.8. The molecule has 2 N–H and O–H groups in total. The summed E-state index contributed by atoms with van der Waals surface area (Å²) in [6, 6.07) is 7.33. The molecule has 0 spiro atoms. The normalized spacial score (nSPS) is 12.3. The van der Waals surface area contributed by atoms with Gasteiger partial charge in [-0.05, 0) is 31.2 Å². The SMILES string of the molecule is Cc1nc2c(nc1Nc1cccc(S(C)(=O)=O)c1)c(C(=O)O)cn2COCC[Si](C)(C)C. The van der Waals surface area contributed by atoms with Gasteiger partial charge in [0.1, 0.15) is 17.8 Å². The number of carboxylic acids is 1. The summed E-state index contributed by atoms with van der Waals surface area (Å²) in [6.07, 6.45) is 2.62. The molecule has 0 saturated heterocycles. The highest BCUT2D eigenvalue weighted by atomic mass is 32.2. The zero-order chi connectivity index (χ0) is 23.7. The van der Waals surface area contributed by atoms with Gasteiger partial charge in [0, 0.05) is 32.8 Å². The second kappa shape index (κ2) is 9.00. The summed E-state index contributed by atoms with van der Waals surface area (Å²) in [6.45, 7) is 9.32. The van der Waals surface area contributed by atoms with Gasteiger partial charge in [0.15, 0.2) is 21.3 Å². The van der Waals surface area contributed by atoms with Crippen LogP contribution in [-0.4, -0.2) is 55.0 Å². The lowest BCUT2D eigenvalue weighted by Gasteiger charge is -2.15. The minimum atomic E-state index is -3.37. The number of ether oxygens (including phenoxy) is 1. The van der Waals surface area contributed by atoms with E-state index < -0.39 is 23.9 Å². The van der Waals surface area contributed by atoms with Crippen molar-refractivity contribution in [1.29, 1.82) is 0 Å². The summed E-state index contributed by atoms with van der Waals surface area (Å²) in [5.41, 5.74) is 1.73. The molecule has 0 aliphatic heterocycles. The van der Waals surface area contributed by atoms with Crippen molar-refractivity contribution >= 4 is 46.5 Å². The first kappa shape index (κ1) is 23.9. The van der Waals surface area contributed by atoms with Gasteiger partial charge in [0.25, 0.3) is 0 Å². The first-order chi connectivity index (χ1) is 14.8. The van der Waals surface area contributed by atoms with Crippen LogP contribution in [0.1, 0.15) is 16.1 Å². The van der Waals surface area contributed by atoms with Crippen LogP contribution in [0.5, 0.6) is 0 Å². The van der Waals surface area contributed by atoms with Crippen molar-refractivity contribution < 1.29 is 23.1 Å². The average molecular weight is 477 g/mol. The smallest absolute Gasteiger partial charge is 0.339 e. The third kappa shape index (κ3) is 5.72. The summed E-state index contributed by atoms with van der Waals surface area (Å²) < 4.78 is 31.1. The Balaban J connectivity index is 1.93. The fourth-order valence-electron chi connectivity index (χ4n) is 3.02. The minimum absolute atomic E-state index is 0.0224. The number of hydrogen-bond acceptors (Lipinski definition) is 7. The highest BCUT2D eigenvalue weighted by Crippen LogP contribution is 2.25. The lowest BCUT2D eigenvalue weighted by atomic mass is 10.3. The van der Waals surface area contributed by atoms with Crippen LogP contribution in [0, 0.1) is 6.92 Å². The lowest BCUT2D eigenvalue weighted by Crippen LogP contribution is -2.22. The Labute approximate surface area is 188 Å². The highest BCUT2D eigenvalue weighted by Gasteiger charge is 2.20. The number of anilines is 2. The van der Waals surface area contributed by atoms with Crippen LogP contribution in [0.25, 0.3) is 11.2 Å². The molecule has 0 aliphatic carbocycles. The van der Waals surface area contributed by atoms with Crippen molar-refractivity contribution in [2.75, 3.05) is 18.2 Å². The van der Waals surface area contributed by atoms with E-state index in [4.69, 9.17) is 4.74 Å². The zero-order valence-corrected chi connectivity index (χ0v) is 20.7. The number of benzene rings is 1. The number of rotatable bonds is 9. The molecule has 172 valence electrons. The average Bonchev–Trinajstić information content (AvgIpc) is 3.02. The number of aryl methyl sites for hydroxylation is 1. The summed E-state index contributed by atoms with van der Waals surface area (Å²) in [5, 5.41) is 12.7. The van der Waals surface area contributed by atoms with Gasteiger partial charge >= 0.3 is 5.97 Å². The molecule has 9 nitrogen and oxygen atoms in total. The summed E-state index contributed by atoms with van der Waals surface area (Å²) in [7, 11) is -4.60. The Bertz CT molecular complexity index is 1270. The molecule has 1 aromatic carbocycles. The topological polar surface area (TPSA) is 123 Å². The Morgan fingerprint density at radius 2 is 1.97 bits per heavy atom. The van der Waals surface area contributed by atoms with Gasteiger partial charge in [-0.15, -0.1) is 0 Å². The Hall–Kier alpha value is -2.76. The van der Waals surface area contributed by atoms with E-state index in [0.717, 1.165) is 12.3 Å². The number of aromatic nitrogens is 3. The summed E-state index contributed by atoms with van der Waals surface area (Å²) in [4.78, 5) is 21.0. The van der Waals surface area contributed by atoms with E-state index in [1.165, 1.54) is 18.3 Å². The Morgan fingerprint density at radius 1 is 1.25 bits per heavy atom. The molecule has 3 rings (SSSR count). The van der Waals surface area contributed by atoms with E-state index in [1.807, 2.05) is 0 Å². The van der Waals surface area contributed by atoms with Crippen LogP contribution < -0.4 is 5.32 Å². The standard InChI is InChI=1S/C21H28N4O5SSi/c1-14-19(23-15-7-6-8-16(11-15)31(2,28)29)24-18-17(21(26)27)12-25(20(18)22-14)13-30-9-10-32(3,4)5/h6-8,11-12H,9-10,13H2,1-5H3,(H,23,24)(H,26,27). The number of carbonyl (C=O) groups is 1. The molecule has 0 amide bonds. The second-order valence-corrected chi connectivity index (χ2v) is 16.6. The van der Waals surface area contributed by atoms with Crippen molar-refractivity contribution in [3.8, 4) is 0 Å². The third-order valence-corrected chi connectivity index (χ3v) is 7.66. The van der Waals surface area contributed by atoms with Crippen LogP contribution in [0.3, 0.4) is 0 Å². The van der Waals surface area contributed by atoms with Crippen molar-refractivity contribution in [2.45, 2.75) is 44.2 Å². The number of carboxylic acid groups (broad SMARTS) is 1. The van der Waals surface area contributed by atoms with Gasteiger partial charge < -0.3 is 19.7 Å². The molecule has 11 heteroatoms. The van der Waals surface area contributed by atoms with Gasteiger partial charge in [-0.1, -0.05) is 25.7 Å². The van der Waals surface area contributed by atoms with Gasteiger partial charge in [0.2, 0.25) is 0 Å². The molecular weight excluding hydrogens is 448 g/mol. The summed E-state index contributed by atoms with van der Waals surface area (Å²) in [5.74, 6) is -0.762. The molecule has 0 saturated carbocycles. The Morgan fingerprint density at radius 3 is 2.59 bits per heavy atom. The predicted molar refractivity (Wildman–Crippen MR) is 126 cm³/mol. The Kier molecular flexibility index (Phi) is 6.72. The van der Waals surface area contributed by atoms with Crippen LogP contribution >= 0.6 is 0 Å². The van der Waals surface area contributed by atoms with Crippen molar-refractivity contribution in [3.63, 3.8) is 0 Å². The van der Waals surface area contributed by atoms with Crippen molar-refractivity contribution in [3.05, 3.63) is 41.7 Å². The first-order valence-corrected chi connectivity index (χ1v) is 15.7. The van der Waals surface area contributed by atoms with E-state index in [2.05, 4.69) is 34.9 Å². The van der Waals surface area contributed by atoms with Crippen LogP contribution in [0.15, 0.2) is 35.4 Å². The molecule has 2 heterocycles. The number of aromatic carboxylic acids is 1. The molecule has 32 heavy (non-hydrogen) atoms. The lowest BCUT2D eigenvalue weighted by molar-refractivity contribution is 0.0696. The largest absolute Gasteiger partial charge is 0.478 e. The fourth-order valence-corrected chi connectivity index (χ4v) is 4.45. The molecule has 0 radical (unpaired) electrons. The van der Waals surface area contributed by atoms with Crippen LogP contribution in [0.2, 0.25) is 25.7 Å². The molecule has 0 bridgehead atoms. The first-order valence-electron chi connectivity index (χ1n) is 10.1. The predicted octanol–water partition coefficient (Wildman–Crippen LogP) is 3.90. The maximum Gasteiger partial charge on any atom is 0.339 e. The molecular formula is C21H28N4O5SSi. The van der Waals surface area contributed by atoms with Crippen LogP contribution in [0.4, 0.5) is 11.5 Å².